The first-order chi connectivity index (χ1) is 7.20. The Morgan fingerprint density at radius 3 is 2.00 bits per heavy atom. The maximum atomic E-state index is 11.9. The molecule has 0 aromatic rings. The van der Waals surface area contributed by atoms with Crippen LogP contribution in [0, 0.1) is 0 Å². The highest BCUT2D eigenvalue weighted by Gasteiger charge is 2.30. The quantitative estimate of drug-likeness (QED) is 0.699. The SMILES string of the molecule is COC(CC(C)(O)CCCC(F)(F)F)OC. The van der Waals surface area contributed by atoms with Crippen molar-refractivity contribution >= 4 is 0 Å². The molecule has 0 aliphatic carbocycles. The lowest BCUT2D eigenvalue weighted by atomic mass is 9.95. The number of methoxy groups -OCH3 is 2. The van der Waals surface area contributed by atoms with Gasteiger partial charge in [0.25, 0.3) is 0 Å². The molecule has 1 unspecified atom stereocenters. The van der Waals surface area contributed by atoms with Gasteiger partial charge in [0.15, 0.2) is 6.29 Å². The molecule has 0 bridgehead atoms. The summed E-state index contributed by atoms with van der Waals surface area (Å²) in [5.74, 6) is 0. The summed E-state index contributed by atoms with van der Waals surface area (Å²) in [5, 5.41) is 9.82. The van der Waals surface area contributed by atoms with Crippen molar-refractivity contribution in [1.82, 2.24) is 0 Å². The Hall–Kier alpha value is -0.330. The van der Waals surface area contributed by atoms with Gasteiger partial charge in [0.05, 0.1) is 5.60 Å². The summed E-state index contributed by atoms with van der Waals surface area (Å²) in [4.78, 5) is 0. The van der Waals surface area contributed by atoms with Gasteiger partial charge >= 0.3 is 6.18 Å². The largest absolute Gasteiger partial charge is 0.390 e. The fourth-order valence-corrected chi connectivity index (χ4v) is 1.39. The number of hydrogen-bond donors (Lipinski definition) is 1. The van der Waals surface area contributed by atoms with Gasteiger partial charge in [-0.15, -0.1) is 0 Å². The average molecular weight is 244 g/mol. The van der Waals surface area contributed by atoms with Crippen LogP contribution in [0.1, 0.15) is 32.6 Å². The minimum absolute atomic E-state index is 0.0652. The lowest BCUT2D eigenvalue weighted by molar-refractivity contribution is -0.149. The monoisotopic (exact) mass is 244 g/mol. The van der Waals surface area contributed by atoms with Crippen LogP contribution in [0.2, 0.25) is 0 Å². The number of halogens is 3. The van der Waals surface area contributed by atoms with Crippen LogP contribution in [0.4, 0.5) is 13.2 Å². The Bertz CT molecular complexity index is 188. The fourth-order valence-electron chi connectivity index (χ4n) is 1.39. The smallest absolute Gasteiger partial charge is 0.389 e. The van der Waals surface area contributed by atoms with Crippen molar-refractivity contribution in [2.45, 2.75) is 50.7 Å². The lowest BCUT2D eigenvalue weighted by Gasteiger charge is -2.27. The van der Waals surface area contributed by atoms with Gasteiger partial charge in [-0.05, 0) is 19.8 Å². The standard InChI is InChI=1S/C10H19F3O3/c1-9(14,7-8(15-2)16-3)5-4-6-10(11,12)13/h8,14H,4-7H2,1-3H3. The normalized spacial score (nSPS) is 16.5. The van der Waals surface area contributed by atoms with Crippen molar-refractivity contribution in [1.29, 1.82) is 0 Å². The van der Waals surface area contributed by atoms with Crippen LogP contribution < -0.4 is 0 Å². The third-order valence-corrected chi connectivity index (χ3v) is 2.31. The zero-order valence-corrected chi connectivity index (χ0v) is 9.80. The summed E-state index contributed by atoms with van der Waals surface area (Å²) in [6.07, 6.45) is -5.53. The van der Waals surface area contributed by atoms with E-state index >= 15 is 0 Å². The van der Waals surface area contributed by atoms with Crippen LogP contribution >= 0.6 is 0 Å². The van der Waals surface area contributed by atoms with E-state index in [-0.39, 0.29) is 19.3 Å². The number of rotatable bonds is 7. The first-order valence-electron chi connectivity index (χ1n) is 5.05. The molecule has 0 heterocycles. The van der Waals surface area contributed by atoms with Gasteiger partial charge in [0, 0.05) is 27.1 Å². The molecule has 0 aliphatic heterocycles. The lowest BCUT2D eigenvalue weighted by Crippen LogP contribution is -2.32. The molecule has 3 nitrogen and oxygen atoms in total. The second-order valence-corrected chi connectivity index (χ2v) is 4.07. The van der Waals surface area contributed by atoms with E-state index in [1.54, 1.807) is 0 Å². The van der Waals surface area contributed by atoms with Gasteiger partial charge < -0.3 is 14.6 Å². The van der Waals surface area contributed by atoms with E-state index in [1.165, 1.54) is 21.1 Å². The van der Waals surface area contributed by atoms with Crippen LogP contribution in [-0.2, 0) is 9.47 Å². The van der Waals surface area contributed by atoms with Gasteiger partial charge in [-0.1, -0.05) is 0 Å². The van der Waals surface area contributed by atoms with Gasteiger partial charge in [-0.3, -0.25) is 0 Å². The number of aliphatic hydroxyl groups is 1. The highest BCUT2D eigenvalue weighted by atomic mass is 19.4. The van der Waals surface area contributed by atoms with Gasteiger partial charge in [-0.25, -0.2) is 0 Å². The summed E-state index contributed by atoms with van der Waals surface area (Å²) in [7, 11) is 2.83. The molecule has 0 rings (SSSR count). The maximum Gasteiger partial charge on any atom is 0.389 e. The van der Waals surface area contributed by atoms with Crippen molar-refractivity contribution in [3.63, 3.8) is 0 Å². The number of ether oxygens (including phenoxy) is 2. The van der Waals surface area contributed by atoms with Gasteiger partial charge in [0.2, 0.25) is 0 Å². The summed E-state index contributed by atoms with van der Waals surface area (Å²) >= 11 is 0. The molecule has 0 aromatic carbocycles. The fraction of sp³-hybridized carbons (Fsp3) is 1.00. The van der Waals surface area contributed by atoms with E-state index < -0.39 is 24.5 Å². The Labute approximate surface area is 93.5 Å². The summed E-state index contributed by atoms with van der Waals surface area (Å²) < 4.78 is 45.4. The molecule has 0 saturated carbocycles. The van der Waals surface area contributed by atoms with Crippen LogP contribution in [0.25, 0.3) is 0 Å². The number of alkyl halides is 3. The zero-order valence-electron chi connectivity index (χ0n) is 9.80. The average Bonchev–Trinajstić information content (AvgIpc) is 2.11. The van der Waals surface area contributed by atoms with E-state index in [0.717, 1.165) is 0 Å². The van der Waals surface area contributed by atoms with E-state index in [4.69, 9.17) is 9.47 Å². The van der Waals surface area contributed by atoms with Crippen molar-refractivity contribution in [3.8, 4) is 0 Å². The van der Waals surface area contributed by atoms with Crippen LogP contribution in [0.3, 0.4) is 0 Å². The Balaban J connectivity index is 3.95. The summed E-state index contributed by atoms with van der Waals surface area (Å²) in [5.41, 5.74) is -1.21. The molecule has 1 atom stereocenters. The van der Waals surface area contributed by atoms with E-state index in [0.29, 0.717) is 0 Å². The first-order valence-corrected chi connectivity index (χ1v) is 5.05. The predicted octanol–water partition coefficient (Wildman–Crippen LogP) is 2.48. The Morgan fingerprint density at radius 2 is 1.62 bits per heavy atom. The molecule has 98 valence electrons. The molecular weight excluding hydrogens is 225 g/mol. The molecule has 1 N–H and O–H groups in total. The van der Waals surface area contributed by atoms with Gasteiger partial charge in [0.1, 0.15) is 0 Å². The summed E-state index contributed by atoms with van der Waals surface area (Å²) in [6.45, 7) is 1.48. The van der Waals surface area contributed by atoms with Crippen molar-refractivity contribution in [2.75, 3.05) is 14.2 Å². The van der Waals surface area contributed by atoms with Crippen LogP contribution in [-0.4, -0.2) is 37.4 Å². The molecule has 16 heavy (non-hydrogen) atoms. The second kappa shape index (κ2) is 6.42. The van der Waals surface area contributed by atoms with E-state index in [2.05, 4.69) is 0 Å². The molecule has 0 radical (unpaired) electrons. The third-order valence-electron chi connectivity index (χ3n) is 2.31. The zero-order chi connectivity index (χ0) is 12.8. The van der Waals surface area contributed by atoms with Crippen LogP contribution in [0.15, 0.2) is 0 Å². The Morgan fingerprint density at radius 1 is 1.12 bits per heavy atom. The molecule has 0 aromatic heterocycles. The minimum atomic E-state index is -4.17. The molecule has 0 aliphatic rings. The van der Waals surface area contributed by atoms with Gasteiger partial charge in [-0.2, -0.15) is 13.2 Å². The van der Waals surface area contributed by atoms with Crippen molar-refractivity contribution in [2.24, 2.45) is 0 Å². The highest BCUT2D eigenvalue weighted by Crippen LogP contribution is 2.27. The highest BCUT2D eigenvalue weighted by molar-refractivity contribution is 4.74. The Kier molecular flexibility index (Phi) is 6.28. The van der Waals surface area contributed by atoms with Crippen molar-refractivity contribution in [3.05, 3.63) is 0 Å². The van der Waals surface area contributed by atoms with Crippen molar-refractivity contribution < 1.29 is 27.8 Å². The summed E-state index contributed by atoms with van der Waals surface area (Å²) in [6, 6.07) is 0. The second-order valence-electron chi connectivity index (χ2n) is 4.07. The molecule has 0 spiro atoms. The van der Waals surface area contributed by atoms with E-state index in [1.807, 2.05) is 0 Å². The molecule has 0 saturated heterocycles. The maximum absolute atomic E-state index is 11.9. The number of hydrogen-bond acceptors (Lipinski definition) is 3. The predicted molar refractivity (Wildman–Crippen MR) is 53.0 cm³/mol. The molecular formula is C10H19F3O3. The molecule has 0 fully saturated rings. The third kappa shape index (κ3) is 7.90. The van der Waals surface area contributed by atoms with Crippen LogP contribution in [0.5, 0.6) is 0 Å². The minimum Gasteiger partial charge on any atom is -0.390 e. The first kappa shape index (κ1) is 15.7. The molecule has 6 heteroatoms. The van der Waals surface area contributed by atoms with E-state index in [9.17, 15) is 18.3 Å². The molecule has 0 amide bonds. The topological polar surface area (TPSA) is 38.7 Å².